The van der Waals surface area contributed by atoms with Gasteiger partial charge in [0.1, 0.15) is 0 Å². The zero-order valence-corrected chi connectivity index (χ0v) is 10.1. The molecule has 2 atom stereocenters. The third-order valence-corrected chi connectivity index (χ3v) is 2.68. The van der Waals surface area contributed by atoms with Crippen molar-refractivity contribution < 1.29 is 20.6 Å². The lowest BCUT2D eigenvalue weighted by molar-refractivity contribution is -0.716. The van der Waals surface area contributed by atoms with E-state index < -0.39 is 5.97 Å². The highest BCUT2D eigenvalue weighted by Crippen LogP contribution is 2.03. The van der Waals surface area contributed by atoms with Crippen LogP contribution in [-0.4, -0.2) is 23.8 Å². The van der Waals surface area contributed by atoms with Crippen LogP contribution in [0.3, 0.4) is 0 Å². The third kappa shape index (κ3) is 6.23. The van der Waals surface area contributed by atoms with Gasteiger partial charge < -0.3 is 15.2 Å². The molecule has 0 aromatic rings. The van der Waals surface area contributed by atoms with Gasteiger partial charge in [-0.3, -0.25) is 5.41 Å². The van der Waals surface area contributed by atoms with Gasteiger partial charge in [0.2, 0.25) is 0 Å². The zero-order chi connectivity index (χ0) is 12.0. The first-order valence-electron chi connectivity index (χ1n) is 5.50. The second-order valence-corrected chi connectivity index (χ2v) is 4.53. The Morgan fingerprint density at radius 1 is 1.27 bits per heavy atom. The van der Waals surface area contributed by atoms with Crippen molar-refractivity contribution in [1.82, 2.24) is 0 Å². The Labute approximate surface area is 91.6 Å². The molecule has 0 bridgehead atoms. The highest BCUT2D eigenvalue weighted by Gasteiger charge is 2.23. The molecule has 0 aliphatic heterocycles. The van der Waals surface area contributed by atoms with Crippen molar-refractivity contribution in [3.05, 3.63) is 0 Å². The summed E-state index contributed by atoms with van der Waals surface area (Å²) < 4.78 is 0. The molecule has 0 aromatic heterocycles. The van der Waals surface area contributed by atoms with Gasteiger partial charge in [-0.05, 0) is 34.1 Å². The summed E-state index contributed by atoms with van der Waals surface area (Å²) in [6, 6.07) is 0.906. The summed E-state index contributed by atoms with van der Waals surface area (Å²) in [5.41, 5.74) is 0.753. The number of quaternary nitrogens is 1. The van der Waals surface area contributed by atoms with E-state index in [0.717, 1.165) is 5.71 Å². The normalized spacial score (nSPS) is 15.0. The van der Waals surface area contributed by atoms with Gasteiger partial charge in [0, 0.05) is 12.4 Å². The van der Waals surface area contributed by atoms with Gasteiger partial charge in [-0.25, -0.2) is 0 Å². The summed E-state index contributed by atoms with van der Waals surface area (Å²) in [6.45, 7) is 8.39. The fourth-order valence-electron chi connectivity index (χ4n) is 1.59. The monoisotopic (exact) mass is 215 g/mol. The number of rotatable bonds is 7. The smallest absolute Gasteiger partial charge is 0.158 e. The van der Waals surface area contributed by atoms with Crippen molar-refractivity contribution in [3.8, 4) is 0 Å². The van der Waals surface area contributed by atoms with E-state index in [1.165, 1.54) is 0 Å². The van der Waals surface area contributed by atoms with E-state index in [1.54, 1.807) is 0 Å². The molecule has 88 valence electrons. The van der Waals surface area contributed by atoms with E-state index in [-0.39, 0.29) is 12.3 Å². The van der Waals surface area contributed by atoms with Gasteiger partial charge in [-0.1, -0.05) is 0 Å². The second-order valence-electron chi connectivity index (χ2n) is 4.53. The Bertz CT molecular complexity index is 227. The first-order chi connectivity index (χ1) is 6.84. The largest absolute Gasteiger partial charge is 0.550 e. The van der Waals surface area contributed by atoms with Crippen molar-refractivity contribution in [2.24, 2.45) is 5.92 Å². The van der Waals surface area contributed by atoms with Crippen LogP contribution in [0.5, 0.6) is 0 Å². The Morgan fingerprint density at radius 2 is 1.80 bits per heavy atom. The number of carboxylic acids is 1. The number of carbonyl (C=O) groups is 1. The molecule has 4 heteroatoms. The highest BCUT2D eigenvalue weighted by atomic mass is 16.4. The average Bonchev–Trinajstić information content (AvgIpc) is 2.11. The summed E-state index contributed by atoms with van der Waals surface area (Å²) in [5, 5.41) is 18.4. The molecule has 0 saturated heterocycles. The van der Waals surface area contributed by atoms with Gasteiger partial charge in [0.05, 0.1) is 18.0 Å². The molecule has 0 aliphatic carbocycles. The molecule has 0 spiro atoms. The maximum Gasteiger partial charge on any atom is 0.158 e. The van der Waals surface area contributed by atoms with E-state index in [0.29, 0.717) is 18.5 Å². The summed E-state index contributed by atoms with van der Waals surface area (Å²) in [5.74, 6) is -0.808. The molecule has 2 unspecified atom stereocenters. The minimum absolute atomic E-state index is 0.0184. The van der Waals surface area contributed by atoms with Crippen LogP contribution < -0.4 is 15.8 Å². The first-order valence-corrected chi connectivity index (χ1v) is 5.50. The molecular weight excluding hydrogens is 192 g/mol. The van der Waals surface area contributed by atoms with E-state index in [9.17, 15) is 9.90 Å². The van der Waals surface area contributed by atoms with Crippen molar-refractivity contribution in [3.63, 3.8) is 0 Å². The van der Waals surface area contributed by atoms with E-state index in [1.807, 2.05) is 6.92 Å². The van der Waals surface area contributed by atoms with E-state index in [2.05, 4.69) is 26.1 Å². The Hall–Kier alpha value is -0.900. The van der Waals surface area contributed by atoms with Gasteiger partial charge in [-0.2, -0.15) is 0 Å². The summed E-state index contributed by atoms with van der Waals surface area (Å²) >= 11 is 0. The molecule has 0 fully saturated rings. The van der Waals surface area contributed by atoms with Crippen LogP contribution in [0.2, 0.25) is 0 Å². The van der Waals surface area contributed by atoms with Gasteiger partial charge in [0.15, 0.2) is 5.71 Å². The van der Waals surface area contributed by atoms with E-state index >= 15 is 0 Å². The molecule has 15 heavy (non-hydrogen) atoms. The zero-order valence-electron chi connectivity index (χ0n) is 10.1. The predicted octanol–water partition coefficient (Wildman–Crippen LogP) is -2.29. The highest BCUT2D eigenvalue weighted by molar-refractivity contribution is 5.84. The number of aliphatic carboxylic acids is 1. The quantitative estimate of drug-likeness (QED) is 0.469. The van der Waals surface area contributed by atoms with Gasteiger partial charge >= 0.3 is 0 Å². The minimum atomic E-state index is -1.04. The van der Waals surface area contributed by atoms with Crippen molar-refractivity contribution >= 4 is 11.7 Å². The van der Waals surface area contributed by atoms with Crippen molar-refractivity contribution in [2.45, 2.75) is 52.6 Å². The molecule has 0 rings (SSSR count). The maximum absolute atomic E-state index is 10.3. The van der Waals surface area contributed by atoms with Gasteiger partial charge in [0.25, 0.3) is 0 Å². The van der Waals surface area contributed by atoms with Crippen LogP contribution in [-0.2, 0) is 4.79 Å². The van der Waals surface area contributed by atoms with Gasteiger partial charge in [-0.15, -0.1) is 0 Å². The molecule has 0 amide bonds. The number of carbonyl (C=O) groups excluding carboxylic acids is 1. The van der Waals surface area contributed by atoms with Crippen LogP contribution >= 0.6 is 0 Å². The van der Waals surface area contributed by atoms with Crippen molar-refractivity contribution in [2.75, 3.05) is 0 Å². The third-order valence-electron chi connectivity index (χ3n) is 2.68. The molecule has 4 N–H and O–H groups in total. The molecule has 4 nitrogen and oxygen atoms in total. The standard InChI is InChI=1S/C11H22N2O2/c1-7(2)13-9(4)8(3)10(12)5-6-11(14)15/h7-9,12-13H,5-6H2,1-4H3,(H,14,15)/p+1. The predicted molar refractivity (Wildman–Crippen MR) is 56.9 cm³/mol. The first kappa shape index (κ1) is 14.1. The fourth-order valence-corrected chi connectivity index (χ4v) is 1.59. The second kappa shape index (κ2) is 6.56. The van der Waals surface area contributed by atoms with Crippen LogP contribution in [0.25, 0.3) is 0 Å². The fraction of sp³-hybridized carbons (Fsp3) is 0.818. The molecule has 0 aromatic carbocycles. The lowest BCUT2D eigenvalue weighted by Crippen LogP contribution is -2.94. The summed E-state index contributed by atoms with van der Waals surface area (Å²) in [6.07, 6.45) is 0.435. The Balaban J connectivity index is 4.01. The number of hydrogen-bond donors (Lipinski definition) is 2. The average molecular weight is 215 g/mol. The van der Waals surface area contributed by atoms with Crippen LogP contribution in [0.1, 0.15) is 40.5 Å². The lowest BCUT2D eigenvalue weighted by atomic mass is 9.94. The lowest BCUT2D eigenvalue weighted by Gasteiger charge is -2.18. The number of carboxylic acid groups (broad SMARTS) is 1. The van der Waals surface area contributed by atoms with Crippen LogP contribution in [0, 0.1) is 5.92 Å². The Kier molecular flexibility index (Phi) is 6.17. The topological polar surface area (TPSA) is 82.3 Å². The molecular formula is C11H23N2O2+. The minimum Gasteiger partial charge on any atom is -0.550 e. The Morgan fingerprint density at radius 3 is 2.20 bits per heavy atom. The maximum atomic E-state index is 10.3. The molecule has 0 heterocycles. The SMILES string of the molecule is CC(C)[NH2+]C(C)C(C)C(=[NH2+])CCC(=O)[O-]. The molecule has 0 saturated carbocycles. The van der Waals surface area contributed by atoms with E-state index in [4.69, 9.17) is 5.41 Å². The summed E-state index contributed by atoms with van der Waals surface area (Å²) in [4.78, 5) is 10.3. The molecule has 0 aliphatic rings. The van der Waals surface area contributed by atoms with Crippen molar-refractivity contribution in [1.29, 1.82) is 0 Å². The number of nitrogens with two attached hydrogens (primary N) is 2. The van der Waals surface area contributed by atoms with Crippen LogP contribution in [0.15, 0.2) is 0 Å². The molecule has 0 radical (unpaired) electrons. The summed E-state index contributed by atoms with van der Waals surface area (Å²) in [7, 11) is 0. The number of hydrogen-bond acceptors (Lipinski definition) is 2. The van der Waals surface area contributed by atoms with Crippen LogP contribution in [0.4, 0.5) is 0 Å².